The number of carbonyl (C=O) groups excluding carboxylic acids is 1. The number of alkyl halides is 1. The molecule has 0 aliphatic heterocycles. The fraction of sp³-hybridized carbons (Fsp3) is 0.462. The van der Waals surface area contributed by atoms with Gasteiger partial charge in [-0.1, -0.05) is 13.0 Å². The molecule has 1 amide bonds. The number of carbonyl (C=O) groups is 1. The summed E-state index contributed by atoms with van der Waals surface area (Å²) in [6, 6.07) is 4.97. The van der Waals surface area contributed by atoms with E-state index in [1.54, 1.807) is 18.2 Å². The smallest absolute Gasteiger partial charge is 0.255 e. The van der Waals surface area contributed by atoms with Crippen LogP contribution in [0.25, 0.3) is 0 Å². The van der Waals surface area contributed by atoms with Crippen LogP contribution in [-0.4, -0.2) is 22.9 Å². The molecule has 0 saturated heterocycles. The molecule has 0 aliphatic rings. The Balaban J connectivity index is 2.76. The van der Waals surface area contributed by atoms with Crippen molar-refractivity contribution < 1.29 is 9.90 Å². The monoisotopic (exact) mass is 255 g/mol. The Bertz CT molecular complexity index is 406. The van der Waals surface area contributed by atoms with Crippen LogP contribution in [0.15, 0.2) is 18.2 Å². The molecule has 17 heavy (non-hydrogen) atoms. The van der Waals surface area contributed by atoms with Crippen molar-refractivity contribution >= 4 is 17.5 Å². The lowest BCUT2D eigenvalue weighted by Gasteiger charge is -2.19. The number of rotatable bonds is 4. The predicted octanol–water partition coefficient (Wildman–Crippen LogP) is 2.69. The lowest BCUT2D eigenvalue weighted by atomic mass is 10.0. The van der Waals surface area contributed by atoms with E-state index >= 15 is 0 Å². The molecule has 0 fully saturated rings. The fourth-order valence-corrected chi connectivity index (χ4v) is 1.66. The highest BCUT2D eigenvalue weighted by molar-refractivity contribution is 6.18. The van der Waals surface area contributed by atoms with Gasteiger partial charge in [-0.3, -0.25) is 4.79 Å². The molecule has 1 aromatic rings. The second-order valence-electron chi connectivity index (χ2n) is 4.41. The zero-order valence-corrected chi connectivity index (χ0v) is 11.1. The first-order valence-corrected chi connectivity index (χ1v) is 6.15. The number of halogens is 1. The van der Waals surface area contributed by atoms with Gasteiger partial charge >= 0.3 is 0 Å². The lowest BCUT2D eigenvalue weighted by molar-refractivity contribution is 0.0928. The van der Waals surface area contributed by atoms with E-state index < -0.39 is 0 Å². The summed E-state index contributed by atoms with van der Waals surface area (Å²) in [5.74, 6) is 0.412. The second-order valence-corrected chi connectivity index (χ2v) is 4.72. The van der Waals surface area contributed by atoms with E-state index in [-0.39, 0.29) is 23.6 Å². The van der Waals surface area contributed by atoms with Crippen LogP contribution in [0, 0.1) is 12.8 Å². The molecule has 1 aromatic carbocycles. The van der Waals surface area contributed by atoms with Crippen molar-refractivity contribution in [3.63, 3.8) is 0 Å². The molecule has 2 atom stereocenters. The SMILES string of the molecule is Cc1ccc(C(=O)NC(C)C(C)CCl)c(O)c1. The molecule has 0 bridgehead atoms. The number of aryl methyl sites for hydroxylation is 1. The third-order valence-corrected chi connectivity index (χ3v) is 3.34. The molecule has 1 rings (SSSR count). The summed E-state index contributed by atoms with van der Waals surface area (Å²) >= 11 is 5.73. The first kappa shape index (κ1) is 13.8. The van der Waals surface area contributed by atoms with E-state index in [4.69, 9.17) is 11.6 Å². The lowest BCUT2D eigenvalue weighted by Crippen LogP contribution is -2.37. The number of hydrogen-bond donors (Lipinski definition) is 2. The largest absolute Gasteiger partial charge is 0.507 e. The van der Waals surface area contributed by atoms with Crippen LogP contribution < -0.4 is 5.32 Å². The topological polar surface area (TPSA) is 49.3 Å². The summed E-state index contributed by atoms with van der Waals surface area (Å²) in [7, 11) is 0. The molecular formula is C13H18ClNO2. The quantitative estimate of drug-likeness (QED) is 0.813. The minimum absolute atomic E-state index is 0.00762. The standard InChI is InChI=1S/C13H18ClNO2/c1-8-4-5-11(12(16)6-8)13(17)15-10(3)9(2)7-14/h4-6,9-10,16H,7H2,1-3H3,(H,15,17). The van der Waals surface area contributed by atoms with Crippen LogP contribution >= 0.6 is 11.6 Å². The highest BCUT2D eigenvalue weighted by Crippen LogP contribution is 2.18. The predicted molar refractivity (Wildman–Crippen MR) is 69.7 cm³/mol. The van der Waals surface area contributed by atoms with Gasteiger partial charge in [0.25, 0.3) is 5.91 Å². The average Bonchev–Trinajstić information content (AvgIpc) is 2.27. The molecule has 0 aromatic heterocycles. The number of phenols is 1. The molecule has 94 valence electrons. The van der Waals surface area contributed by atoms with E-state index in [9.17, 15) is 9.90 Å². The van der Waals surface area contributed by atoms with Gasteiger partial charge in [0.15, 0.2) is 0 Å². The Morgan fingerprint density at radius 2 is 2.12 bits per heavy atom. The number of hydrogen-bond acceptors (Lipinski definition) is 2. The first-order valence-electron chi connectivity index (χ1n) is 5.62. The molecule has 0 spiro atoms. The maximum absolute atomic E-state index is 11.9. The van der Waals surface area contributed by atoms with Crippen LogP contribution in [0.5, 0.6) is 5.75 Å². The van der Waals surface area contributed by atoms with Gasteiger partial charge in [-0.25, -0.2) is 0 Å². The summed E-state index contributed by atoms with van der Waals surface area (Å²) < 4.78 is 0. The van der Waals surface area contributed by atoms with Gasteiger partial charge in [-0.05, 0) is 37.5 Å². The van der Waals surface area contributed by atoms with Crippen molar-refractivity contribution in [3.8, 4) is 5.75 Å². The van der Waals surface area contributed by atoms with Gasteiger partial charge in [-0.2, -0.15) is 0 Å². The molecule has 4 heteroatoms. The third kappa shape index (κ3) is 3.63. The van der Waals surface area contributed by atoms with Crippen LogP contribution in [0.2, 0.25) is 0 Å². The second kappa shape index (κ2) is 5.92. The average molecular weight is 256 g/mol. The van der Waals surface area contributed by atoms with Crippen molar-refractivity contribution in [2.24, 2.45) is 5.92 Å². The van der Waals surface area contributed by atoms with Gasteiger partial charge in [0.1, 0.15) is 5.75 Å². The van der Waals surface area contributed by atoms with Crippen molar-refractivity contribution in [1.82, 2.24) is 5.32 Å². The Kier molecular flexibility index (Phi) is 4.82. The molecule has 2 N–H and O–H groups in total. The van der Waals surface area contributed by atoms with Gasteiger partial charge in [0, 0.05) is 11.9 Å². The van der Waals surface area contributed by atoms with E-state index in [2.05, 4.69) is 5.32 Å². The van der Waals surface area contributed by atoms with E-state index in [0.29, 0.717) is 11.4 Å². The van der Waals surface area contributed by atoms with Crippen LogP contribution in [-0.2, 0) is 0 Å². The zero-order chi connectivity index (χ0) is 13.0. The molecular weight excluding hydrogens is 238 g/mol. The molecule has 2 unspecified atom stereocenters. The van der Waals surface area contributed by atoms with Crippen LogP contribution in [0.4, 0.5) is 0 Å². The number of amides is 1. The van der Waals surface area contributed by atoms with Crippen LogP contribution in [0.1, 0.15) is 29.8 Å². The summed E-state index contributed by atoms with van der Waals surface area (Å²) in [6.07, 6.45) is 0. The van der Waals surface area contributed by atoms with Crippen molar-refractivity contribution in [1.29, 1.82) is 0 Å². The number of nitrogens with one attached hydrogen (secondary N) is 1. The maximum Gasteiger partial charge on any atom is 0.255 e. The Labute approximate surface area is 107 Å². The molecule has 0 radical (unpaired) electrons. The fourth-order valence-electron chi connectivity index (χ4n) is 1.39. The van der Waals surface area contributed by atoms with E-state index in [0.717, 1.165) is 5.56 Å². The van der Waals surface area contributed by atoms with E-state index in [1.165, 1.54) is 0 Å². The highest BCUT2D eigenvalue weighted by Gasteiger charge is 2.17. The number of phenolic OH excluding ortho intramolecular Hbond substituents is 1. The number of benzene rings is 1. The Morgan fingerprint density at radius 3 is 2.65 bits per heavy atom. The highest BCUT2D eigenvalue weighted by atomic mass is 35.5. The third-order valence-electron chi connectivity index (χ3n) is 2.85. The maximum atomic E-state index is 11.9. The molecule has 0 saturated carbocycles. The van der Waals surface area contributed by atoms with Gasteiger partial charge in [-0.15, -0.1) is 11.6 Å². The molecule has 0 aliphatic carbocycles. The molecule has 0 heterocycles. The molecule has 3 nitrogen and oxygen atoms in total. The minimum Gasteiger partial charge on any atom is -0.507 e. The van der Waals surface area contributed by atoms with E-state index in [1.807, 2.05) is 20.8 Å². The van der Waals surface area contributed by atoms with Crippen molar-refractivity contribution in [2.75, 3.05) is 5.88 Å². The summed E-state index contributed by atoms with van der Waals surface area (Å²) in [4.78, 5) is 11.9. The summed E-state index contributed by atoms with van der Waals surface area (Å²) in [5, 5.41) is 12.5. The first-order chi connectivity index (χ1) is 7.95. The Morgan fingerprint density at radius 1 is 1.47 bits per heavy atom. The summed E-state index contributed by atoms with van der Waals surface area (Å²) in [6.45, 7) is 5.72. The summed E-state index contributed by atoms with van der Waals surface area (Å²) in [5.41, 5.74) is 1.21. The van der Waals surface area contributed by atoms with Crippen LogP contribution in [0.3, 0.4) is 0 Å². The Hall–Kier alpha value is -1.22. The number of aromatic hydroxyl groups is 1. The van der Waals surface area contributed by atoms with Crippen molar-refractivity contribution in [2.45, 2.75) is 26.8 Å². The van der Waals surface area contributed by atoms with Gasteiger partial charge < -0.3 is 10.4 Å². The van der Waals surface area contributed by atoms with Gasteiger partial charge in [0.2, 0.25) is 0 Å². The van der Waals surface area contributed by atoms with Crippen molar-refractivity contribution in [3.05, 3.63) is 29.3 Å². The minimum atomic E-state index is -0.271. The van der Waals surface area contributed by atoms with Gasteiger partial charge in [0.05, 0.1) is 5.56 Å². The normalized spacial score (nSPS) is 14.1. The zero-order valence-electron chi connectivity index (χ0n) is 10.3.